The monoisotopic (exact) mass is 685 g/mol. The highest BCUT2D eigenvalue weighted by Gasteiger charge is 2.75. The molecule has 5 rings (SSSR count). The molecule has 4 aliphatic rings. The third-order valence-electron chi connectivity index (χ3n) is 9.14. The minimum Gasteiger partial charge on any atom is -0.455 e. The first kappa shape index (κ1) is 33.3. The van der Waals surface area contributed by atoms with Crippen LogP contribution < -0.4 is 5.32 Å². The molecule has 0 saturated carbocycles. The molecule has 2 N–H and O–H groups in total. The predicted octanol–water partition coefficient (Wildman–Crippen LogP) is 3.65. The Morgan fingerprint density at radius 3 is 2.42 bits per heavy atom. The molecule has 4 aliphatic heterocycles. The summed E-state index contributed by atoms with van der Waals surface area (Å²) in [6, 6.07) is 8.02. The molecule has 244 valence electrons. The van der Waals surface area contributed by atoms with Crippen molar-refractivity contribution in [3.8, 4) is 0 Å². The number of rotatable bonds is 5. The first-order valence-electron chi connectivity index (χ1n) is 15.7. The maximum Gasteiger partial charge on any atom is 0.313 e. The number of cyclic esters (lactones) is 1. The highest BCUT2D eigenvalue weighted by molar-refractivity contribution is 9.11. The van der Waals surface area contributed by atoms with Crippen molar-refractivity contribution in [3.63, 3.8) is 0 Å². The lowest BCUT2D eigenvalue weighted by atomic mass is 9.74. The van der Waals surface area contributed by atoms with Gasteiger partial charge in [-0.25, -0.2) is 0 Å². The van der Waals surface area contributed by atoms with Crippen molar-refractivity contribution in [2.45, 2.75) is 83.3 Å². The summed E-state index contributed by atoms with van der Waals surface area (Å²) >= 11 is 3.57. The second-order valence-corrected chi connectivity index (χ2v) is 15.1. The van der Waals surface area contributed by atoms with Gasteiger partial charge in [-0.15, -0.1) is 0 Å². The number of allylic oxidation sites excluding steroid dienone is 1. The molecule has 0 unspecified atom stereocenters. The summed E-state index contributed by atoms with van der Waals surface area (Å²) in [6.45, 7) is 10.2. The molecule has 0 aliphatic carbocycles. The quantitative estimate of drug-likeness (QED) is 0.358. The van der Waals surface area contributed by atoms with Crippen LogP contribution in [0.4, 0.5) is 0 Å². The van der Waals surface area contributed by atoms with E-state index in [1.54, 1.807) is 11.0 Å². The van der Waals surface area contributed by atoms with Crippen molar-refractivity contribution in [1.29, 1.82) is 0 Å². The summed E-state index contributed by atoms with van der Waals surface area (Å²) < 4.78 is 13.2. The van der Waals surface area contributed by atoms with Crippen molar-refractivity contribution in [3.05, 3.63) is 58.6 Å². The third kappa shape index (κ3) is 6.36. The fourth-order valence-corrected chi connectivity index (χ4v) is 8.45. The van der Waals surface area contributed by atoms with Crippen molar-refractivity contribution >= 4 is 39.6 Å². The van der Waals surface area contributed by atoms with Gasteiger partial charge in [0.05, 0.1) is 19.1 Å². The van der Waals surface area contributed by atoms with Gasteiger partial charge in [0.25, 0.3) is 0 Å². The van der Waals surface area contributed by atoms with Crippen LogP contribution in [-0.4, -0.2) is 88.1 Å². The Hall–Kier alpha value is -3.02. The first-order chi connectivity index (χ1) is 21.2. The Balaban J connectivity index is 1.61. The Kier molecular flexibility index (Phi) is 9.37. The zero-order valence-corrected chi connectivity index (χ0v) is 28.2. The predicted molar refractivity (Wildman–Crippen MR) is 171 cm³/mol. The number of halogens is 1. The molecule has 4 heterocycles. The SMILES string of the molecule is CC(C)(C)CC(C)(C)N1C/C=C\CCC(=O)NC[C@H](c2ccccc2)OC(=O)[C@H]2[C@@H]3O[C@@]4(C=C3Br)[C@@H]2C(=O)N(CCO)[C@@H]4C1=O. The number of benzene rings is 1. The molecular weight excluding hydrogens is 642 g/mol. The maximum atomic E-state index is 14.9. The molecule has 10 nitrogen and oxygen atoms in total. The van der Waals surface area contributed by atoms with Gasteiger partial charge >= 0.3 is 5.97 Å². The second-order valence-electron chi connectivity index (χ2n) is 14.2. The molecule has 0 aromatic heterocycles. The van der Waals surface area contributed by atoms with Crippen LogP contribution in [0.1, 0.15) is 65.5 Å². The number of nitrogens with one attached hydrogen (secondary N) is 1. The molecule has 1 aromatic carbocycles. The molecule has 1 spiro atoms. The van der Waals surface area contributed by atoms with Crippen LogP contribution in [0.25, 0.3) is 0 Å². The molecule has 0 radical (unpaired) electrons. The highest BCUT2D eigenvalue weighted by Crippen LogP contribution is 2.59. The average molecular weight is 687 g/mol. The van der Waals surface area contributed by atoms with Crippen LogP contribution >= 0.6 is 15.9 Å². The van der Waals surface area contributed by atoms with E-state index >= 15 is 0 Å². The molecule has 3 amide bonds. The van der Waals surface area contributed by atoms with E-state index in [-0.39, 0.29) is 49.9 Å². The number of likely N-dealkylation sites (tertiary alicyclic amines) is 1. The van der Waals surface area contributed by atoms with E-state index in [1.807, 2.05) is 56.3 Å². The fourth-order valence-electron chi connectivity index (χ4n) is 7.71. The molecule has 6 atom stereocenters. The van der Waals surface area contributed by atoms with Gasteiger partial charge in [0, 0.05) is 29.5 Å². The molecular formula is C34H44BrN3O7. The summed E-state index contributed by atoms with van der Waals surface area (Å²) in [5.74, 6) is -3.66. The number of carbonyl (C=O) groups excluding carboxylic acids is 4. The molecule has 5 bridgehead atoms. The van der Waals surface area contributed by atoms with Crippen molar-refractivity contribution in [2.24, 2.45) is 17.3 Å². The van der Waals surface area contributed by atoms with Gasteiger partial charge in [0.2, 0.25) is 17.7 Å². The Labute approximate surface area is 273 Å². The van der Waals surface area contributed by atoms with Crippen LogP contribution in [0.3, 0.4) is 0 Å². The van der Waals surface area contributed by atoms with E-state index in [0.717, 1.165) is 0 Å². The number of ether oxygens (including phenoxy) is 2. The zero-order chi connectivity index (χ0) is 32.7. The van der Waals surface area contributed by atoms with Crippen LogP contribution in [-0.2, 0) is 28.7 Å². The van der Waals surface area contributed by atoms with Crippen molar-refractivity contribution in [2.75, 3.05) is 26.2 Å². The number of esters is 1. The number of fused-ring (bicyclic) bond motifs is 2. The molecule has 2 saturated heterocycles. The van der Waals surface area contributed by atoms with Gasteiger partial charge in [0.1, 0.15) is 29.8 Å². The first-order valence-corrected chi connectivity index (χ1v) is 16.5. The molecule has 11 heteroatoms. The van der Waals surface area contributed by atoms with Gasteiger partial charge in [-0.05, 0) is 43.7 Å². The van der Waals surface area contributed by atoms with E-state index in [2.05, 4.69) is 42.0 Å². The Bertz CT molecular complexity index is 1390. The lowest BCUT2D eigenvalue weighted by Gasteiger charge is -2.45. The number of hydrogen-bond acceptors (Lipinski definition) is 7. The number of carbonyl (C=O) groups is 4. The lowest BCUT2D eigenvalue weighted by molar-refractivity contribution is -0.160. The minimum absolute atomic E-state index is 0.0594. The lowest BCUT2D eigenvalue weighted by Crippen LogP contribution is -2.61. The summed E-state index contributed by atoms with van der Waals surface area (Å²) in [5, 5.41) is 12.9. The molecule has 45 heavy (non-hydrogen) atoms. The van der Waals surface area contributed by atoms with Gasteiger partial charge in [-0.1, -0.05) is 79.2 Å². The number of amides is 3. The average Bonchev–Trinajstić information content (AvgIpc) is 3.54. The van der Waals surface area contributed by atoms with Gasteiger partial charge in [-0.3, -0.25) is 19.2 Å². The maximum absolute atomic E-state index is 14.9. The van der Waals surface area contributed by atoms with Crippen molar-refractivity contribution < 1.29 is 33.8 Å². The molecule has 2 fully saturated rings. The van der Waals surface area contributed by atoms with E-state index < -0.39 is 53.1 Å². The summed E-state index contributed by atoms with van der Waals surface area (Å²) in [7, 11) is 0. The number of hydrogen-bond donors (Lipinski definition) is 2. The van der Waals surface area contributed by atoms with Crippen LogP contribution in [0, 0.1) is 17.3 Å². The van der Waals surface area contributed by atoms with Crippen LogP contribution in [0.2, 0.25) is 0 Å². The van der Waals surface area contributed by atoms with Gasteiger partial charge in [-0.2, -0.15) is 0 Å². The topological polar surface area (TPSA) is 125 Å². The minimum atomic E-state index is -1.43. The van der Waals surface area contributed by atoms with Crippen LogP contribution in [0.15, 0.2) is 53.0 Å². The summed E-state index contributed by atoms with van der Waals surface area (Å²) in [5.41, 5.74) is -1.49. The fraction of sp³-hybridized carbons (Fsp3) is 0.588. The Morgan fingerprint density at radius 1 is 1.04 bits per heavy atom. The van der Waals surface area contributed by atoms with Crippen LogP contribution in [0.5, 0.6) is 0 Å². The van der Waals surface area contributed by atoms with Gasteiger partial charge in [0.15, 0.2) is 0 Å². The smallest absolute Gasteiger partial charge is 0.313 e. The van der Waals surface area contributed by atoms with Crippen molar-refractivity contribution in [1.82, 2.24) is 15.1 Å². The van der Waals surface area contributed by atoms with E-state index in [4.69, 9.17) is 9.47 Å². The summed E-state index contributed by atoms with van der Waals surface area (Å²) in [4.78, 5) is 59.1. The standard InChI is InChI=1S/C34H44BrN3O7/c1-32(2,3)20-33(4,5)38-15-11-7-10-14-24(40)36-19-23(21-12-8-6-9-13-21)44-31(43)25-26-29(41)37(16-17-39)28(30(38)42)34(26)18-22(35)27(25)45-34/h6-9,11-13,18,23,25-28,39H,10,14-17,19-20H2,1-5H3,(H,36,40)/b11-7-/t23-,25-,26+,27-,28-,34+/m1/s1. The zero-order valence-electron chi connectivity index (χ0n) is 26.6. The normalized spacial score (nSPS) is 31.9. The number of β-amino-alcohol motifs (C(OH)–C–C–N with tert-alkyl or cyclic N) is 1. The van der Waals surface area contributed by atoms with Gasteiger partial charge < -0.3 is 29.7 Å². The second kappa shape index (κ2) is 12.6. The third-order valence-corrected chi connectivity index (χ3v) is 9.82. The Morgan fingerprint density at radius 2 is 1.76 bits per heavy atom. The number of nitrogens with zero attached hydrogens (tertiary/aromatic N) is 2. The number of aliphatic hydroxyl groups is 1. The van der Waals surface area contributed by atoms with E-state index in [1.165, 1.54) is 4.90 Å². The van der Waals surface area contributed by atoms with E-state index in [0.29, 0.717) is 22.9 Å². The highest BCUT2D eigenvalue weighted by atomic mass is 79.9. The molecule has 1 aromatic rings. The summed E-state index contributed by atoms with van der Waals surface area (Å²) in [6.07, 6.45) is 5.26. The largest absolute Gasteiger partial charge is 0.455 e. The van der Waals surface area contributed by atoms with E-state index in [9.17, 15) is 24.3 Å². The number of aliphatic hydroxyl groups excluding tert-OH is 1.